The summed E-state index contributed by atoms with van der Waals surface area (Å²) in [7, 11) is 0. The lowest BCUT2D eigenvalue weighted by molar-refractivity contribution is -0.143. The summed E-state index contributed by atoms with van der Waals surface area (Å²) >= 11 is 5.97. The molecule has 1 amide bonds. The highest BCUT2D eigenvalue weighted by atomic mass is 35.5. The molecular weight excluding hydrogens is 338 g/mol. The van der Waals surface area contributed by atoms with Crippen LogP contribution in [0.4, 0.5) is 0 Å². The molecule has 0 heterocycles. The van der Waals surface area contributed by atoms with E-state index in [0.717, 1.165) is 5.56 Å². The fourth-order valence-electron chi connectivity index (χ4n) is 2.66. The third-order valence-electron chi connectivity index (χ3n) is 4.38. The van der Waals surface area contributed by atoms with Crippen molar-refractivity contribution in [2.75, 3.05) is 6.54 Å². The molecule has 4 nitrogen and oxygen atoms in total. The lowest BCUT2D eigenvalue weighted by atomic mass is 9.82. The molecule has 132 valence electrons. The zero-order chi connectivity index (χ0) is 18.4. The number of carbonyl (C=O) groups is 2. The van der Waals surface area contributed by atoms with Crippen LogP contribution in [0.1, 0.15) is 25.0 Å². The minimum absolute atomic E-state index is 0.0328. The molecule has 0 saturated carbocycles. The first-order chi connectivity index (χ1) is 11.8. The van der Waals surface area contributed by atoms with Gasteiger partial charge in [0.25, 0.3) is 0 Å². The van der Waals surface area contributed by atoms with Gasteiger partial charge in [-0.05, 0) is 36.6 Å². The monoisotopic (exact) mass is 359 g/mol. The number of rotatable bonds is 7. The van der Waals surface area contributed by atoms with Crippen molar-refractivity contribution in [1.82, 2.24) is 5.32 Å². The summed E-state index contributed by atoms with van der Waals surface area (Å²) in [5.74, 6) is -1.43. The van der Waals surface area contributed by atoms with Crippen LogP contribution >= 0.6 is 11.6 Å². The number of carbonyl (C=O) groups excluding carboxylic acids is 1. The first-order valence-corrected chi connectivity index (χ1v) is 8.52. The Bertz CT molecular complexity index is 748. The van der Waals surface area contributed by atoms with Gasteiger partial charge in [0.05, 0.1) is 0 Å². The Hall–Kier alpha value is -2.33. The Morgan fingerprint density at radius 2 is 1.84 bits per heavy atom. The molecule has 2 unspecified atom stereocenters. The van der Waals surface area contributed by atoms with Gasteiger partial charge in [0.2, 0.25) is 5.91 Å². The summed E-state index contributed by atoms with van der Waals surface area (Å²) < 4.78 is 0. The van der Waals surface area contributed by atoms with Gasteiger partial charge in [-0.1, -0.05) is 61.0 Å². The van der Waals surface area contributed by atoms with Crippen LogP contribution in [0.5, 0.6) is 0 Å². The van der Waals surface area contributed by atoms with Crippen LogP contribution in [-0.4, -0.2) is 23.5 Å². The number of aliphatic carboxylic acids is 1. The molecule has 0 aliphatic rings. The van der Waals surface area contributed by atoms with Crippen LogP contribution in [0.15, 0.2) is 54.6 Å². The minimum atomic E-state index is -1.17. The predicted octanol–water partition coefficient (Wildman–Crippen LogP) is 3.68. The number of benzene rings is 2. The van der Waals surface area contributed by atoms with Crippen molar-refractivity contribution in [1.29, 1.82) is 0 Å². The average Bonchev–Trinajstić information content (AvgIpc) is 2.59. The maximum atomic E-state index is 12.4. The van der Waals surface area contributed by atoms with Crippen LogP contribution in [0, 0.1) is 5.92 Å². The summed E-state index contributed by atoms with van der Waals surface area (Å²) in [5.41, 5.74) is 0.455. The summed E-state index contributed by atoms with van der Waals surface area (Å²) in [6.07, 6.45) is 0.543. The normalized spacial score (nSPS) is 14.4. The molecule has 5 heteroatoms. The Labute approximate surface area is 152 Å². The summed E-state index contributed by atoms with van der Waals surface area (Å²) in [4.78, 5) is 24.2. The number of amides is 1. The quantitative estimate of drug-likeness (QED) is 0.792. The van der Waals surface area contributed by atoms with E-state index in [4.69, 9.17) is 11.6 Å². The third-order valence-corrected chi connectivity index (χ3v) is 4.61. The number of hydrogen-bond acceptors (Lipinski definition) is 2. The van der Waals surface area contributed by atoms with Crippen molar-refractivity contribution in [2.45, 2.75) is 25.7 Å². The number of carboxylic acid groups (broad SMARTS) is 1. The summed E-state index contributed by atoms with van der Waals surface area (Å²) in [6.45, 7) is 3.47. The van der Waals surface area contributed by atoms with E-state index >= 15 is 0 Å². The van der Waals surface area contributed by atoms with Gasteiger partial charge in [0, 0.05) is 17.5 Å². The molecule has 25 heavy (non-hydrogen) atoms. The molecule has 0 aliphatic carbocycles. The second kappa shape index (κ2) is 8.17. The zero-order valence-electron chi connectivity index (χ0n) is 14.3. The standard InChI is InChI=1S/C20H22ClNO3/c1-14(11-15-7-6-10-17(21)12-15)18(23)22-13-20(2,19(24)25)16-8-4-3-5-9-16/h3-10,12,14H,11,13H2,1-2H3,(H,22,23)(H,24,25). The molecule has 2 atom stereocenters. The number of halogens is 1. The van der Waals surface area contributed by atoms with Gasteiger partial charge >= 0.3 is 5.97 Å². The van der Waals surface area contributed by atoms with Crippen molar-refractivity contribution in [2.24, 2.45) is 5.92 Å². The van der Waals surface area contributed by atoms with Crippen LogP contribution < -0.4 is 5.32 Å². The van der Waals surface area contributed by atoms with Crippen molar-refractivity contribution in [3.05, 3.63) is 70.7 Å². The van der Waals surface area contributed by atoms with Crippen LogP contribution in [0.2, 0.25) is 5.02 Å². The maximum Gasteiger partial charge on any atom is 0.315 e. The summed E-state index contributed by atoms with van der Waals surface area (Å²) in [5, 5.41) is 13.1. The molecule has 2 aromatic rings. The van der Waals surface area contributed by atoms with E-state index < -0.39 is 11.4 Å². The van der Waals surface area contributed by atoms with E-state index in [2.05, 4.69) is 5.32 Å². The predicted molar refractivity (Wildman–Crippen MR) is 98.8 cm³/mol. The second-order valence-electron chi connectivity index (χ2n) is 6.46. The lowest BCUT2D eigenvalue weighted by Crippen LogP contribution is -2.45. The van der Waals surface area contributed by atoms with E-state index in [-0.39, 0.29) is 18.4 Å². The van der Waals surface area contributed by atoms with Gasteiger partial charge in [-0.15, -0.1) is 0 Å². The van der Waals surface area contributed by atoms with Gasteiger partial charge in [-0.2, -0.15) is 0 Å². The largest absolute Gasteiger partial charge is 0.481 e. The number of carboxylic acids is 1. The molecule has 0 bridgehead atoms. The van der Waals surface area contributed by atoms with Gasteiger partial charge in [0.1, 0.15) is 5.41 Å². The lowest BCUT2D eigenvalue weighted by Gasteiger charge is -2.26. The fourth-order valence-corrected chi connectivity index (χ4v) is 2.87. The molecule has 2 N–H and O–H groups in total. The van der Waals surface area contributed by atoms with E-state index in [1.54, 1.807) is 37.3 Å². The van der Waals surface area contributed by atoms with Gasteiger partial charge in [0.15, 0.2) is 0 Å². The third kappa shape index (κ3) is 4.83. The molecule has 0 fully saturated rings. The average molecular weight is 360 g/mol. The Morgan fingerprint density at radius 1 is 1.16 bits per heavy atom. The summed E-state index contributed by atoms with van der Waals surface area (Å²) in [6, 6.07) is 16.3. The zero-order valence-corrected chi connectivity index (χ0v) is 15.1. The molecule has 0 radical (unpaired) electrons. The highest BCUT2D eigenvalue weighted by Crippen LogP contribution is 2.23. The molecule has 2 aromatic carbocycles. The molecule has 0 aromatic heterocycles. The highest BCUT2D eigenvalue weighted by molar-refractivity contribution is 6.30. The van der Waals surface area contributed by atoms with E-state index in [0.29, 0.717) is 17.0 Å². The Balaban J connectivity index is 2.02. The van der Waals surface area contributed by atoms with Crippen molar-refractivity contribution in [3.8, 4) is 0 Å². The van der Waals surface area contributed by atoms with Crippen molar-refractivity contribution in [3.63, 3.8) is 0 Å². The molecule has 0 spiro atoms. The molecule has 0 saturated heterocycles. The smallest absolute Gasteiger partial charge is 0.315 e. The van der Waals surface area contributed by atoms with Crippen LogP contribution in [0.3, 0.4) is 0 Å². The van der Waals surface area contributed by atoms with E-state index in [1.807, 2.05) is 31.2 Å². The highest BCUT2D eigenvalue weighted by Gasteiger charge is 2.35. The maximum absolute atomic E-state index is 12.4. The first-order valence-electron chi connectivity index (χ1n) is 8.14. The number of hydrogen-bond donors (Lipinski definition) is 2. The fraction of sp³-hybridized carbons (Fsp3) is 0.300. The number of nitrogens with one attached hydrogen (secondary N) is 1. The first kappa shape index (κ1) is 19.0. The van der Waals surface area contributed by atoms with Gasteiger partial charge < -0.3 is 10.4 Å². The van der Waals surface area contributed by atoms with Crippen molar-refractivity contribution < 1.29 is 14.7 Å². The van der Waals surface area contributed by atoms with Gasteiger partial charge in [-0.3, -0.25) is 9.59 Å². The topological polar surface area (TPSA) is 66.4 Å². The molecule has 0 aliphatic heterocycles. The second-order valence-corrected chi connectivity index (χ2v) is 6.89. The Kier molecular flexibility index (Phi) is 6.21. The van der Waals surface area contributed by atoms with Crippen LogP contribution in [-0.2, 0) is 21.4 Å². The molecule has 2 rings (SSSR count). The van der Waals surface area contributed by atoms with Crippen molar-refractivity contribution >= 4 is 23.5 Å². The SMILES string of the molecule is CC(Cc1cccc(Cl)c1)C(=O)NCC(C)(C(=O)O)c1ccccc1. The minimum Gasteiger partial charge on any atom is -0.481 e. The van der Waals surface area contributed by atoms with Crippen LogP contribution in [0.25, 0.3) is 0 Å². The van der Waals surface area contributed by atoms with Gasteiger partial charge in [-0.25, -0.2) is 0 Å². The van der Waals surface area contributed by atoms with E-state index in [1.165, 1.54) is 0 Å². The Morgan fingerprint density at radius 3 is 2.44 bits per heavy atom. The molecular formula is C20H22ClNO3. The van der Waals surface area contributed by atoms with E-state index in [9.17, 15) is 14.7 Å².